The molecule has 84 valence electrons. The molecule has 2 aromatic rings. The van der Waals surface area contributed by atoms with E-state index in [0.29, 0.717) is 5.15 Å². The topological polar surface area (TPSA) is 29.0 Å². The van der Waals surface area contributed by atoms with Crippen LogP contribution in [0.25, 0.3) is 10.2 Å². The molecule has 0 N–H and O–H groups in total. The molecule has 0 aromatic carbocycles. The van der Waals surface area contributed by atoms with Crippen molar-refractivity contribution in [1.29, 1.82) is 0 Å². The fourth-order valence-electron chi connectivity index (χ4n) is 2.21. The van der Waals surface area contributed by atoms with Crippen molar-refractivity contribution in [1.82, 2.24) is 14.9 Å². The van der Waals surface area contributed by atoms with E-state index in [2.05, 4.69) is 21.8 Å². The molecule has 3 rings (SSSR count). The van der Waals surface area contributed by atoms with Gasteiger partial charge in [-0.05, 0) is 18.5 Å². The van der Waals surface area contributed by atoms with Gasteiger partial charge < -0.3 is 0 Å². The van der Waals surface area contributed by atoms with Crippen LogP contribution in [-0.2, 0) is 13.0 Å². The van der Waals surface area contributed by atoms with Gasteiger partial charge in [-0.25, -0.2) is 9.97 Å². The maximum absolute atomic E-state index is 6.15. The molecular weight excluding hydrogens is 242 g/mol. The second-order valence-electron chi connectivity index (χ2n) is 3.97. The molecule has 2 aromatic heterocycles. The highest BCUT2D eigenvalue weighted by Gasteiger charge is 2.22. The quantitative estimate of drug-likeness (QED) is 0.732. The molecule has 0 saturated heterocycles. The number of rotatable bonds is 1. The Morgan fingerprint density at radius 2 is 2.38 bits per heavy atom. The van der Waals surface area contributed by atoms with Gasteiger partial charge in [0.2, 0.25) is 0 Å². The van der Waals surface area contributed by atoms with Crippen LogP contribution < -0.4 is 0 Å². The van der Waals surface area contributed by atoms with Crippen LogP contribution in [-0.4, -0.2) is 28.0 Å². The van der Waals surface area contributed by atoms with Crippen molar-refractivity contribution >= 4 is 33.2 Å². The van der Waals surface area contributed by atoms with Gasteiger partial charge in [0.25, 0.3) is 0 Å². The largest absolute Gasteiger partial charge is 0.298 e. The van der Waals surface area contributed by atoms with Crippen molar-refractivity contribution in [3.63, 3.8) is 0 Å². The third-order valence-electron chi connectivity index (χ3n) is 3.12. The number of nitrogens with zero attached hydrogens (tertiary/aromatic N) is 3. The highest BCUT2D eigenvalue weighted by Crippen LogP contribution is 2.36. The molecule has 0 amide bonds. The lowest BCUT2D eigenvalue weighted by molar-refractivity contribution is 0.272. The Balaban J connectivity index is 2.17. The number of aromatic nitrogens is 2. The van der Waals surface area contributed by atoms with Crippen LogP contribution in [0.1, 0.15) is 17.4 Å². The minimum absolute atomic E-state index is 0.604. The van der Waals surface area contributed by atoms with Gasteiger partial charge in [-0.2, -0.15) is 0 Å². The number of thiophene rings is 1. The molecule has 0 spiro atoms. The number of fused-ring (bicyclic) bond motifs is 3. The Morgan fingerprint density at radius 1 is 1.50 bits per heavy atom. The Kier molecular flexibility index (Phi) is 2.58. The smallest absolute Gasteiger partial charge is 0.141 e. The minimum atomic E-state index is 0.604. The van der Waals surface area contributed by atoms with Crippen LogP contribution in [0.15, 0.2) is 6.33 Å². The summed E-state index contributed by atoms with van der Waals surface area (Å²) in [4.78, 5) is 13.3. The molecule has 3 nitrogen and oxygen atoms in total. The van der Waals surface area contributed by atoms with Crippen molar-refractivity contribution in [3.8, 4) is 0 Å². The predicted octanol–water partition coefficient (Wildman–Crippen LogP) is 2.72. The van der Waals surface area contributed by atoms with Crippen molar-refractivity contribution < 1.29 is 0 Å². The fraction of sp³-hybridized carbons (Fsp3) is 0.455. The first kappa shape index (κ1) is 10.4. The third kappa shape index (κ3) is 1.52. The van der Waals surface area contributed by atoms with Gasteiger partial charge >= 0.3 is 0 Å². The van der Waals surface area contributed by atoms with E-state index in [1.807, 2.05) is 0 Å². The molecular formula is C11H12ClN3S. The molecule has 0 atom stereocenters. The van der Waals surface area contributed by atoms with Crippen LogP contribution in [0.2, 0.25) is 5.15 Å². The first-order valence-corrected chi connectivity index (χ1v) is 6.62. The van der Waals surface area contributed by atoms with Gasteiger partial charge in [-0.3, -0.25) is 4.90 Å². The van der Waals surface area contributed by atoms with Crippen molar-refractivity contribution in [3.05, 3.63) is 21.9 Å². The maximum atomic E-state index is 6.15. The zero-order chi connectivity index (χ0) is 11.1. The zero-order valence-corrected chi connectivity index (χ0v) is 10.6. The van der Waals surface area contributed by atoms with E-state index in [9.17, 15) is 0 Å². The van der Waals surface area contributed by atoms with E-state index in [1.165, 1.54) is 10.4 Å². The highest BCUT2D eigenvalue weighted by molar-refractivity contribution is 7.19. The fourth-order valence-corrected chi connectivity index (χ4v) is 3.74. The summed E-state index contributed by atoms with van der Waals surface area (Å²) in [5, 5.41) is 1.69. The second kappa shape index (κ2) is 3.95. The Labute approximate surface area is 103 Å². The van der Waals surface area contributed by atoms with Crippen molar-refractivity contribution in [2.45, 2.75) is 19.9 Å². The predicted molar refractivity (Wildman–Crippen MR) is 67.1 cm³/mol. The van der Waals surface area contributed by atoms with Gasteiger partial charge in [0.15, 0.2) is 0 Å². The molecule has 16 heavy (non-hydrogen) atoms. The first-order valence-electron chi connectivity index (χ1n) is 5.42. The lowest BCUT2D eigenvalue weighted by Gasteiger charge is -2.25. The number of halogens is 1. The van der Waals surface area contributed by atoms with E-state index in [0.717, 1.165) is 36.3 Å². The maximum Gasteiger partial charge on any atom is 0.141 e. The van der Waals surface area contributed by atoms with E-state index >= 15 is 0 Å². The molecule has 1 aliphatic rings. The summed E-state index contributed by atoms with van der Waals surface area (Å²) in [6, 6.07) is 0. The average molecular weight is 254 g/mol. The van der Waals surface area contributed by atoms with Crippen molar-refractivity contribution in [2.75, 3.05) is 13.1 Å². The lowest BCUT2D eigenvalue weighted by Crippen LogP contribution is -2.29. The lowest BCUT2D eigenvalue weighted by atomic mass is 10.1. The number of hydrogen-bond acceptors (Lipinski definition) is 4. The number of hydrogen-bond donors (Lipinski definition) is 0. The van der Waals surface area contributed by atoms with Crippen LogP contribution in [0.5, 0.6) is 0 Å². The van der Waals surface area contributed by atoms with Gasteiger partial charge in [-0.15, -0.1) is 11.3 Å². The zero-order valence-electron chi connectivity index (χ0n) is 9.03. The molecule has 1 aliphatic heterocycles. The number of likely N-dealkylation sites (N-methyl/N-ethyl adjacent to an activating group) is 1. The molecule has 5 heteroatoms. The minimum Gasteiger partial charge on any atom is -0.298 e. The van der Waals surface area contributed by atoms with Crippen LogP contribution >= 0.6 is 22.9 Å². The van der Waals surface area contributed by atoms with Crippen LogP contribution in [0.4, 0.5) is 0 Å². The highest BCUT2D eigenvalue weighted by atomic mass is 35.5. The Bertz CT molecular complexity index is 537. The molecule has 0 unspecified atom stereocenters. The molecule has 0 fully saturated rings. The standard InChI is InChI=1S/C11H12ClN3S/c1-2-15-4-3-7-8(5-15)16-11-9(7)10(12)13-6-14-11/h6H,2-5H2,1H3. The van der Waals surface area contributed by atoms with Gasteiger partial charge in [0.1, 0.15) is 16.3 Å². The summed E-state index contributed by atoms with van der Waals surface area (Å²) in [6.45, 7) is 5.45. The summed E-state index contributed by atoms with van der Waals surface area (Å²) < 4.78 is 0. The van der Waals surface area contributed by atoms with Crippen LogP contribution in [0.3, 0.4) is 0 Å². The van der Waals surface area contributed by atoms with E-state index < -0.39 is 0 Å². The molecule has 0 radical (unpaired) electrons. The Hall–Kier alpha value is -0.710. The summed E-state index contributed by atoms with van der Waals surface area (Å²) in [5.74, 6) is 0. The molecule has 0 bridgehead atoms. The van der Waals surface area contributed by atoms with Gasteiger partial charge in [0.05, 0.1) is 5.39 Å². The third-order valence-corrected chi connectivity index (χ3v) is 4.53. The van der Waals surface area contributed by atoms with E-state index in [-0.39, 0.29) is 0 Å². The first-order chi connectivity index (χ1) is 7.79. The summed E-state index contributed by atoms with van der Waals surface area (Å²) in [7, 11) is 0. The van der Waals surface area contributed by atoms with Crippen molar-refractivity contribution in [2.24, 2.45) is 0 Å². The van der Waals surface area contributed by atoms with E-state index in [1.54, 1.807) is 17.7 Å². The SMILES string of the molecule is CCN1CCc2c(sc3ncnc(Cl)c23)C1. The van der Waals surface area contributed by atoms with Crippen LogP contribution in [0, 0.1) is 0 Å². The summed E-state index contributed by atoms with van der Waals surface area (Å²) >= 11 is 7.90. The van der Waals surface area contributed by atoms with E-state index in [4.69, 9.17) is 11.6 Å². The summed E-state index contributed by atoms with van der Waals surface area (Å²) in [6.07, 6.45) is 2.61. The van der Waals surface area contributed by atoms with Gasteiger partial charge in [-0.1, -0.05) is 18.5 Å². The average Bonchev–Trinajstić information content (AvgIpc) is 2.67. The molecule has 0 saturated carbocycles. The Morgan fingerprint density at radius 3 is 3.19 bits per heavy atom. The van der Waals surface area contributed by atoms with Gasteiger partial charge in [0, 0.05) is 18.0 Å². The summed E-state index contributed by atoms with van der Waals surface area (Å²) in [5.41, 5.74) is 1.37. The monoisotopic (exact) mass is 253 g/mol. The molecule has 3 heterocycles. The normalized spacial score (nSPS) is 16.6. The second-order valence-corrected chi connectivity index (χ2v) is 5.41. The molecule has 0 aliphatic carbocycles.